The molecule has 1 aromatic carbocycles. The van der Waals surface area contributed by atoms with Crippen LogP contribution in [0, 0.1) is 11.6 Å². The van der Waals surface area contributed by atoms with Crippen molar-refractivity contribution in [3.8, 4) is 0 Å². The minimum Gasteiger partial charge on any atom is -0.395 e. The van der Waals surface area contributed by atoms with E-state index in [0.29, 0.717) is 12.1 Å². The lowest BCUT2D eigenvalue weighted by Gasteiger charge is -2.21. The van der Waals surface area contributed by atoms with E-state index in [-0.39, 0.29) is 12.6 Å². The summed E-state index contributed by atoms with van der Waals surface area (Å²) in [5.41, 5.74) is 0.604. The van der Waals surface area contributed by atoms with Crippen molar-refractivity contribution < 1.29 is 13.9 Å². The van der Waals surface area contributed by atoms with Gasteiger partial charge in [0.2, 0.25) is 0 Å². The fraction of sp³-hybridized carbons (Fsp3) is 0.538. The molecule has 5 heteroatoms. The Morgan fingerprint density at radius 2 is 1.83 bits per heavy atom. The summed E-state index contributed by atoms with van der Waals surface area (Å²) in [6.45, 7) is 1.44. The van der Waals surface area contributed by atoms with E-state index in [9.17, 15) is 8.78 Å². The molecule has 0 radical (unpaired) electrons. The van der Waals surface area contributed by atoms with Gasteiger partial charge in [0, 0.05) is 18.7 Å². The number of aliphatic hydroxyl groups is 1. The van der Waals surface area contributed by atoms with Gasteiger partial charge in [0.25, 0.3) is 0 Å². The Morgan fingerprint density at radius 1 is 1.22 bits per heavy atom. The maximum atomic E-state index is 13.1. The third-order valence-electron chi connectivity index (χ3n) is 2.92. The first kappa shape index (κ1) is 15.0. The molecule has 0 saturated heterocycles. The number of halogens is 2. The Bertz CT molecular complexity index is 354. The molecule has 1 rings (SSSR count). The second-order valence-corrected chi connectivity index (χ2v) is 4.36. The summed E-state index contributed by atoms with van der Waals surface area (Å²) < 4.78 is 26.3. The van der Waals surface area contributed by atoms with E-state index in [0.717, 1.165) is 19.0 Å². The van der Waals surface area contributed by atoms with E-state index < -0.39 is 11.6 Å². The van der Waals surface area contributed by atoms with E-state index >= 15 is 0 Å². The maximum Gasteiger partial charge on any atom is 0.126 e. The molecule has 0 aliphatic rings. The summed E-state index contributed by atoms with van der Waals surface area (Å²) in [4.78, 5) is 1.97. The van der Waals surface area contributed by atoms with Crippen LogP contribution >= 0.6 is 0 Å². The van der Waals surface area contributed by atoms with Gasteiger partial charge in [0.1, 0.15) is 11.6 Å². The average molecular weight is 258 g/mol. The van der Waals surface area contributed by atoms with Crippen LogP contribution in [0.3, 0.4) is 0 Å². The summed E-state index contributed by atoms with van der Waals surface area (Å²) in [5.74, 6) is -1.12. The predicted octanol–water partition coefficient (Wildman–Crippen LogP) is 1.54. The molecular formula is C13H20F2N2O. The van der Waals surface area contributed by atoms with Gasteiger partial charge in [-0.25, -0.2) is 8.78 Å². The van der Waals surface area contributed by atoms with Gasteiger partial charge in [-0.3, -0.25) is 0 Å². The van der Waals surface area contributed by atoms with E-state index in [1.807, 2.05) is 11.9 Å². The van der Waals surface area contributed by atoms with E-state index in [1.54, 1.807) is 7.05 Å². The SMILES string of the molecule is CNC(CCN(C)CCO)c1cc(F)cc(F)c1. The van der Waals surface area contributed by atoms with Crippen molar-refractivity contribution in [1.82, 2.24) is 10.2 Å². The summed E-state index contributed by atoms with van der Waals surface area (Å²) in [6, 6.07) is 3.46. The average Bonchev–Trinajstić information content (AvgIpc) is 2.29. The molecule has 0 heterocycles. The number of rotatable bonds is 7. The molecule has 18 heavy (non-hydrogen) atoms. The van der Waals surface area contributed by atoms with Crippen molar-refractivity contribution in [2.45, 2.75) is 12.5 Å². The fourth-order valence-corrected chi connectivity index (χ4v) is 1.89. The molecule has 0 aliphatic heterocycles. The minimum absolute atomic E-state index is 0.101. The Hall–Kier alpha value is -1.04. The lowest BCUT2D eigenvalue weighted by Crippen LogP contribution is -2.27. The Balaban J connectivity index is 2.65. The third-order valence-corrected chi connectivity index (χ3v) is 2.92. The van der Waals surface area contributed by atoms with Crippen LogP contribution in [-0.4, -0.2) is 43.8 Å². The van der Waals surface area contributed by atoms with E-state index in [4.69, 9.17) is 5.11 Å². The van der Waals surface area contributed by atoms with Gasteiger partial charge in [-0.1, -0.05) is 0 Å². The Kier molecular flexibility index (Phi) is 6.18. The first-order valence-corrected chi connectivity index (χ1v) is 5.99. The second kappa shape index (κ2) is 7.41. The van der Waals surface area contributed by atoms with Crippen LogP contribution in [0.4, 0.5) is 8.78 Å². The van der Waals surface area contributed by atoms with Gasteiger partial charge in [0.05, 0.1) is 6.61 Å². The maximum absolute atomic E-state index is 13.1. The standard InChI is InChI=1S/C13H20F2N2O/c1-16-13(3-4-17(2)5-6-18)10-7-11(14)9-12(15)8-10/h7-9,13,16,18H,3-6H2,1-2H3. The highest BCUT2D eigenvalue weighted by Gasteiger charge is 2.12. The molecule has 0 spiro atoms. The number of aliphatic hydroxyl groups excluding tert-OH is 1. The molecule has 0 bridgehead atoms. The molecule has 0 aliphatic carbocycles. The van der Waals surface area contributed by atoms with Crippen LogP contribution in [-0.2, 0) is 0 Å². The highest BCUT2D eigenvalue weighted by molar-refractivity contribution is 5.21. The van der Waals surface area contributed by atoms with Crippen molar-refractivity contribution in [1.29, 1.82) is 0 Å². The molecule has 0 aromatic heterocycles. The van der Waals surface area contributed by atoms with Gasteiger partial charge < -0.3 is 15.3 Å². The van der Waals surface area contributed by atoms with E-state index in [2.05, 4.69) is 5.32 Å². The summed E-state index contributed by atoms with van der Waals surface area (Å²) >= 11 is 0. The lowest BCUT2D eigenvalue weighted by molar-refractivity contribution is 0.216. The molecule has 1 aromatic rings. The quantitative estimate of drug-likeness (QED) is 0.778. The monoisotopic (exact) mass is 258 g/mol. The minimum atomic E-state index is -0.561. The number of hydrogen-bond acceptors (Lipinski definition) is 3. The third kappa shape index (κ3) is 4.68. The molecule has 2 N–H and O–H groups in total. The number of hydrogen-bond donors (Lipinski definition) is 2. The summed E-state index contributed by atoms with van der Waals surface area (Å²) in [6.07, 6.45) is 0.718. The van der Waals surface area contributed by atoms with Crippen LogP contribution in [0.2, 0.25) is 0 Å². The summed E-state index contributed by atoms with van der Waals surface area (Å²) in [5, 5.41) is 11.8. The molecular weight excluding hydrogens is 238 g/mol. The molecule has 0 fully saturated rings. The Labute approximate surface area is 106 Å². The molecule has 102 valence electrons. The van der Waals surface area contributed by atoms with Crippen molar-refractivity contribution in [3.05, 3.63) is 35.4 Å². The first-order valence-electron chi connectivity index (χ1n) is 5.99. The molecule has 0 saturated carbocycles. The zero-order valence-electron chi connectivity index (χ0n) is 10.8. The van der Waals surface area contributed by atoms with Crippen LogP contribution < -0.4 is 5.32 Å². The van der Waals surface area contributed by atoms with Crippen LogP contribution in [0.15, 0.2) is 18.2 Å². The van der Waals surface area contributed by atoms with Crippen molar-refractivity contribution >= 4 is 0 Å². The number of nitrogens with zero attached hydrogens (tertiary/aromatic N) is 1. The molecule has 1 unspecified atom stereocenters. The van der Waals surface area contributed by atoms with Gasteiger partial charge in [-0.15, -0.1) is 0 Å². The van der Waals surface area contributed by atoms with Gasteiger partial charge >= 0.3 is 0 Å². The highest BCUT2D eigenvalue weighted by atomic mass is 19.1. The van der Waals surface area contributed by atoms with Crippen molar-refractivity contribution in [3.63, 3.8) is 0 Å². The van der Waals surface area contributed by atoms with Gasteiger partial charge in [-0.2, -0.15) is 0 Å². The lowest BCUT2D eigenvalue weighted by atomic mass is 10.0. The second-order valence-electron chi connectivity index (χ2n) is 4.36. The number of nitrogens with one attached hydrogen (secondary N) is 1. The van der Waals surface area contributed by atoms with Crippen molar-refractivity contribution in [2.75, 3.05) is 33.8 Å². The van der Waals surface area contributed by atoms with Gasteiger partial charge in [-0.05, 0) is 44.8 Å². The smallest absolute Gasteiger partial charge is 0.126 e. The zero-order chi connectivity index (χ0) is 13.5. The van der Waals surface area contributed by atoms with Gasteiger partial charge in [0.15, 0.2) is 0 Å². The molecule has 1 atom stereocenters. The van der Waals surface area contributed by atoms with Crippen LogP contribution in [0.5, 0.6) is 0 Å². The Morgan fingerprint density at radius 3 is 2.33 bits per heavy atom. The number of benzene rings is 1. The highest BCUT2D eigenvalue weighted by Crippen LogP contribution is 2.19. The normalized spacial score (nSPS) is 13.0. The fourth-order valence-electron chi connectivity index (χ4n) is 1.89. The summed E-state index contributed by atoms with van der Waals surface area (Å²) in [7, 11) is 3.66. The number of likely N-dealkylation sites (N-methyl/N-ethyl adjacent to an activating group) is 1. The van der Waals surface area contributed by atoms with E-state index in [1.165, 1.54) is 12.1 Å². The largest absolute Gasteiger partial charge is 0.395 e. The topological polar surface area (TPSA) is 35.5 Å². The van der Waals surface area contributed by atoms with Crippen LogP contribution in [0.1, 0.15) is 18.0 Å². The zero-order valence-corrected chi connectivity index (χ0v) is 10.8. The van der Waals surface area contributed by atoms with Crippen LogP contribution in [0.25, 0.3) is 0 Å². The molecule has 0 amide bonds. The first-order chi connectivity index (χ1) is 8.56. The predicted molar refractivity (Wildman–Crippen MR) is 67.4 cm³/mol. The van der Waals surface area contributed by atoms with Crippen molar-refractivity contribution in [2.24, 2.45) is 0 Å². The molecule has 3 nitrogen and oxygen atoms in total.